The number of rotatable bonds is 15. The van der Waals surface area contributed by atoms with Crippen molar-refractivity contribution in [2.45, 2.75) is 12.8 Å². The average molecular weight is 515 g/mol. The first-order valence-corrected chi connectivity index (χ1v) is 15.0. The summed E-state index contributed by atoms with van der Waals surface area (Å²) >= 11 is 0. The standard InChI is InChI=1S/C30H34N4S2/c1-3-13-29(14-4-1)33(21-17-27-11-7-9-19-31-27)23-25-35-36-26-24-34(30-15-5-2-6-16-30)22-18-28-12-8-10-20-32-28/h1-16,19-20H,17-18,21-26H2. The van der Waals surface area contributed by atoms with Crippen LogP contribution in [0.2, 0.25) is 0 Å². The summed E-state index contributed by atoms with van der Waals surface area (Å²) in [6.45, 7) is 4.00. The monoisotopic (exact) mass is 514 g/mol. The van der Waals surface area contributed by atoms with E-state index in [0.717, 1.165) is 61.9 Å². The van der Waals surface area contributed by atoms with Crippen LogP contribution < -0.4 is 9.80 Å². The summed E-state index contributed by atoms with van der Waals surface area (Å²) in [4.78, 5) is 13.9. The molecule has 2 aromatic heterocycles. The molecular formula is C30H34N4S2. The summed E-state index contributed by atoms with van der Waals surface area (Å²) in [5.41, 5.74) is 4.85. The lowest BCUT2D eigenvalue weighted by Gasteiger charge is -2.25. The maximum Gasteiger partial charge on any atom is 0.0421 e. The summed E-state index contributed by atoms with van der Waals surface area (Å²) in [5, 5.41) is 0. The summed E-state index contributed by atoms with van der Waals surface area (Å²) in [6, 6.07) is 33.8. The Morgan fingerprint density at radius 2 is 0.889 bits per heavy atom. The molecule has 0 saturated heterocycles. The molecule has 0 bridgehead atoms. The highest BCUT2D eigenvalue weighted by atomic mass is 33.1. The van der Waals surface area contributed by atoms with Crippen LogP contribution in [-0.4, -0.2) is 47.7 Å². The van der Waals surface area contributed by atoms with Crippen molar-refractivity contribution in [2.75, 3.05) is 47.5 Å². The van der Waals surface area contributed by atoms with Crippen molar-refractivity contribution in [1.29, 1.82) is 0 Å². The van der Waals surface area contributed by atoms with E-state index in [4.69, 9.17) is 0 Å². The van der Waals surface area contributed by atoms with Gasteiger partial charge in [-0.2, -0.15) is 0 Å². The van der Waals surface area contributed by atoms with Crippen LogP contribution in [0, 0.1) is 0 Å². The van der Waals surface area contributed by atoms with Crippen LogP contribution >= 0.6 is 21.6 Å². The highest BCUT2D eigenvalue weighted by Gasteiger charge is 2.09. The molecule has 0 amide bonds. The second-order valence-corrected chi connectivity index (χ2v) is 11.1. The highest BCUT2D eigenvalue weighted by Crippen LogP contribution is 2.24. The van der Waals surface area contributed by atoms with Gasteiger partial charge in [-0.3, -0.25) is 9.97 Å². The molecule has 2 heterocycles. The van der Waals surface area contributed by atoms with E-state index in [0.29, 0.717) is 0 Å². The SMILES string of the molecule is c1ccc(N(CCSSCCN(CCc2ccccn2)c2ccccc2)CCc2ccccn2)cc1. The number of nitrogens with zero attached hydrogens (tertiary/aromatic N) is 4. The zero-order valence-corrected chi connectivity index (χ0v) is 22.3. The van der Waals surface area contributed by atoms with E-state index in [1.807, 2.05) is 46.1 Å². The fourth-order valence-corrected chi connectivity index (χ4v) is 6.00. The molecule has 0 radical (unpaired) electrons. The molecule has 186 valence electrons. The number of benzene rings is 2. The molecule has 0 unspecified atom stereocenters. The Bertz CT molecular complexity index is 1010. The van der Waals surface area contributed by atoms with E-state index < -0.39 is 0 Å². The minimum atomic E-state index is 0.954. The molecule has 0 aliphatic carbocycles. The van der Waals surface area contributed by atoms with Crippen molar-refractivity contribution < 1.29 is 0 Å². The van der Waals surface area contributed by atoms with Crippen molar-refractivity contribution in [3.63, 3.8) is 0 Å². The molecule has 6 heteroatoms. The normalized spacial score (nSPS) is 10.8. The Balaban J connectivity index is 1.23. The quantitative estimate of drug-likeness (QED) is 0.130. The van der Waals surface area contributed by atoms with Gasteiger partial charge < -0.3 is 9.80 Å². The van der Waals surface area contributed by atoms with Crippen LogP contribution in [0.5, 0.6) is 0 Å². The molecule has 2 aromatic carbocycles. The molecule has 4 aromatic rings. The van der Waals surface area contributed by atoms with E-state index in [1.165, 1.54) is 11.4 Å². The van der Waals surface area contributed by atoms with Crippen LogP contribution in [0.1, 0.15) is 11.4 Å². The minimum absolute atomic E-state index is 0.954. The lowest BCUT2D eigenvalue weighted by molar-refractivity contribution is 0.798. The van der Waals surface area contributed by atoms with Crippen molar-refractivity contribution in [1.82, 2.24) is 9.97 Å². The molecule has 0 spiro atoms. The number of pyridine rings is 2. The van der Waals surface area contributed by atoms with E-state index in [-0.39, 0.29) is 0 Å². The molecule has 0 aliphatic heterocycles. The molecule has 4 rings (SSSR count). The molecule has 0 N–H and O–H groups in total. The van der Waals surface area contributed by atoms with Crippen molar-refractivity contribution >= 4 is 33.0 Å². The Labute approximate surface area is 223 Å². The summed E-state index contributed by atoms with van der Waals surface area (Å²) in [5.74, 6) is 2.17. The molecule has 0 saturated carbocycles. The van der Waals surface area contributed by atoms with Gasteiger partial charge >= 0.3 is 0 Å². The third-order valence-corrected chi connectivity index (χ3v) is 8.31. The fraction of sp³-hybridized carbons (Fsp3) is 0.267. The minimum Gasteiger partial charge on any atom is -0.370 e. The molecular weight excluding hydrogens is 480 g/mol. The number of anilines is 2. The predicted octanol–water partition coefficient (Wildman–Crippen LogP) is 6.66. The Morgan fingerprint density at radius 3 is 1.28 bits per heavy atom. The predicted molar refractivity (Wildman–Crippen MR) is 158 cm³/mol. The number of aromatic nitrogens is 2. The first-order chi connectivity index (χ1) is 17.9. The van der Waals surface area contributed by atoms with Gasteiger partial charge in [0.25, 0.3) is 0 Å². The highest BCUT2D eigenvalue weighted by molar-refractivity contribution is 8.76. The maximum absolute atomic E-state index is 4.50. The lowest BCUT2D eigenvalue weighted by Crippen LogP contribution is -2.29. The topological polar surface area (TPSA) is 32.3 Å². The van der Waals surface area contributed by atoms with Crippen LogP contribution in [0.15, 0.2) is 109 Å². The Hall–Kier alpha value is -2.96. The Kier molecular flexibility index (Phi) is 11.0. The molecule has 0 atom stereocenters. The number of hydrogen-bond donors (Lipinski definition) is 0. The van der Waals surface area contributed by atoms with Crippen molar-refractivity contribution in [3.05, 3.63) is 121 Å². The van der Waals surface area contributed by atoms with Crippen LogP contribution in [0.3, 0.4) is 0 Å². The third-order valence-electron chi connectivity index (χ3n) is 5.94. The molecule has 36 heavy (non-hydrogen) atoms. The van der Waals surface area contributed by atoms with Crippen molar-refractivity contribution in [2.24, 2.45) is 0 Å². The molecule has 4 nitrogen and oxygen atoms in total. The summed E-state index contributed by atoms with van der Waals surface area (Å²) < 4.78 is 0. The van der Waals surface area contributed by atoms with Gasteiger partial charge in [-0.25, -0.2) is 0 Å². The largest absolute Gasteiger partial charge is 0.370 e. The van der Waals surface area contributed by atoms with E-state index in [1.54, 1.807) is 0 Å². The Morgan fingerprint density at radius 1 is 0.472 bits per heavy atom. The van der Waals surface area contributed by atoms with Gasteiger partial charge in [0, 0.05) is 85.7 Å². The van der Waals surface area contributed by atoms with Crippen molar-refractivity contribution in [3.8, 4) is 0 Å². The van der Waals surface area contributed by atoms with Gasteiger partial charge in [0.05, 0.1) is 0 Å². The second kappa shape index (κ2) is 15.2. The third kappa shape index (κ3) is 8.92. The van der Waals surface area contributed by atoms with Gasteiger partial charge in [-0.1, -0.05) is 70.1 Å². The van der Waals surface area contributed by atoms with Gasteiger partial charge in [-0.05, 0) is 48.5 Å². The second-order valence-electron chi connectivity index (χ2n) is 8.43. The average Bonchev–Trinajstić information content (AvgIpc) is 2.96. The molecule has 0 aliphatic rings. The fourth-order valence-electron chi connectivity index (χ4n) is 4.02. The number of para-hydroxylation sites is 2. The summed E-state index contributed by atoms with van der Waals surface area (Å²) in [6.07, 6.45) is 5.67. The number of hydrogen-bond acceptors (Lipinski definition) is 6. The molecule has 0 fully saturated rings. The van der Waals surface area contributed by atoms with Crippen LogP contribution in [0.25, 0.3) is 0 Å². The van der Waals surface area contributed by atoms with Crippen LogP contribution in [0.4, 0.5) is 11.4 Å². The zero-order chi connectivity index (χ0) is 24.7. The van der Waals surface area contributed by atoms with Gasteiger partial charge in [0.2, 0.25) is 0 Å². The van der Waals surface area contributed by atoms with E-state index in [2.05, 4.69) is 105 Å². The van der Waals surface area contributed by atoms with Crippen LogP contribution in [-0.2, 0) is 12.8 Å². The maximum atomic E-state index is 4.50. The van der Waals surface area contributed by atoms with Gasteiger partial charge in [0.15, 0.2) is 0 Å². The van der Waals surface area contributed by atoms with E-state index in [9.17, 15) is 0 Å². The smallest absolute Gasteiger partial charge is 0.0421 e. The summed E-state index contributed by atoms with van der Waals surface area (Å²) in [7, 11) is 3.94. The van der Waals surface area contributed by atoms with E-state index >= 15 is 0 Å². The first-order valence-electron chi connectivity index (χ1n) is 12.5. The zero-order valence-electron chi connectivity index (χ0n) is 20.7. The van der Waals surface area contributed by atoms with Gasteiger partial charge in [0.1, 0.15) is 0 Å². The first kappa shape index (κ1) is 26.1. The van der Waals surface area contributed by atoms with Gasteiger partial charge in [-0.15, -0.1) is 0 Å². The lowest BCUT2D eigenvalue weighted by atomic mass is 10.2.